The summed E-state index contributed by atoms with van der Waals surface area (Å²) in [5.41, 5.74) is 5.11. The van der Waals surface area contributed by atoms with E-state index in [4.69, 9.17) is 5.73 Å². The Balaban J connectivity index is 3.75. The molecular formula is C8H17NO. The summed E-state index contributed by atoms with van der Waals surface area (Å²) in [4.78, 5) is 10.8. The van der Waals surface area contributed by atoms with Gasteiger partial charge < -0.3 is 5.73 Å². The summed E-state index contributed by atoms with van der Waals surface area (Å²) in [6, 6.07) is 0. The van der Waals surface area contributed by atoms with Crippen molar-refractivity contribution >= 4 is 5.78 Å². The molecule has 0 saturated carbocycles. The summed E-state index contributed by atoms with van der Waals surface area (Å²) >= 11 is 0. The highest BCUT2D eigenvalue weighted by molar-refractivity contribution is 5.85. The highest BCUT2D eigenvalue weighted by atomic mass is 16.1. The van der Waals surface area contributed by atoms with Gasteiger partial charge >= 0.3 is 0 Å². The van der Waals surface area contributed by atoms with Crippen LogP contribution in [0.15, 0.2) is 0 Å². The topological polar surface area (TPSA) is 43.1 Å². The normalized spacial score (nSPS) is 16.4. The van der Waals surface area contributed by atoms with Crippen LogP contribution in [0.4, 0.5) is 0 Å². The molecule has 0 aliphatic heterocycles. The third kappa shape index (κ3) is 2.97. The molecule has 0 heterocycles. The Morgan fingerprint density at radius 1 is 1.60 bits per heavy atom. The van der Waals surface area contributed by atoms with Crippen LogP contribution in [0.3, 0.4) is 0 Å². The number of rotatable bonds is 4. The van der Waals surface area contributed by atoms with Gasteiger partial charge in [0.1, 0.15) is 5.78 Å². The van der Waals surface area contributed by atoms with Crippen molar-refractivity contribution in [3.8, 4) is 0 Å². The van der Waals surface area contributed by atoms with E-state index in [9.17, 15) is 4.79 Å². The van der Waals surface area contributed by atoms with Crippen LogP contribution in [0.1, 0.15) is 40.0 Å². The van der Waals surface area contributed by atoms with E-state index in [1.165, 1.54) is 0 Å². The zero-order valence-electron chi connectivity index (χ0n) is 7.11. The Kier molecular flexibility index (Phi) is 3.58. The minimum Gasteiger partial charge on any atom is -0.319 e. The molecule has 2 N–H and O–H groups in total. The summed E-state index contributed by atoms with van der Waals surface area (Å²) in [5.74, 6) is 0.0842. The van der Waals surface area contributed by atoms with Crippen LogP contribution in [-0.4, -0.2) is 11.3 Å². The number of Topliss-reactive ketones (excluding diaryl/α,β-unsaturated/α-hetero) is 1. The lowest BCUT2D eigenvalue weighted by Gasteiger charge is -2.20. The third-order valence-corrected chi connectivity index (χ3v) is 1.85. The average molecular weight is 143 g/mol. The highest BCUT2D eigenvalue weighted by Gasteiger charge is 2.22. The second kappa shape index (κ2) is 3.71. The van der Waals surface area contributed by atoms with Crippen LogP contribution in [0.25, 0.3) is 0 Å². The van der Waals surface area contributed by atoms with E-state index in [1.807, 2.05) is 0 Å². The molecule has 0 bridgehead atoms. The lowest BCUT2D eigenvalue weighted by Crippen LogP contribution is -2.43. The van der Waals surface area contributed by atoms with Crippen LogP contribution in [0.5, 0.6) is 0 Å². The Labute approximate surface area is 62.8 Å². The fraction of sp³-hybridized carbons (Fsp3) is 0.875. The van der Waals surface area contributed by atoms with Crippen molar-refractivity contribution in [1.29, 1.82) is 0 Å². The van der Waals surface area contributed by atoms with Gasteiger partial charge in [0.25, 0.3) is 0 Å². The van der Waals surface area contributed by atoms with E-state index in [0.29, 0.717) is 0 Å². The third-order valence-electron chi connectivity index (χ3n) is 1.85. The Bertz CT molecular complexity index is 118. The SMILES string of the molecule is CCCCC(C)(N)C(C)=O. The molecule has 0 aromatic heterocycles. The van der Waals surface area contributed by atoms with Gasteiger partial charge in [-0.2, -0.15) is 0 Å². The van der Waals surface area contributed by atoms with Gasteiger partial charge in [-0.3, -0.25) is 4.79 Å². The van der Waals surface area contributed by atoms with Crippen molar-refractivity contribution < 1.29 is 4.79 Å². The fourth-order valence-corrected chi connectivity index (χ4v) is 0.720. The molecule has 0 saturated heterocycles. The van der Waals surface area contributed by atoms with E-state index >= 15 is 0 Å². The number of ketones is 1. The molecule has 1 unspecified atom stereocenters. The predicted octanol–water partition coefficient (Wildman–Crippen LogP) is 1.48. The first-order valence-electron chi connectivity index (χ1n) is 3.80. The summed E-state index contributed by atoms with van der Waals surface area (Å²) in [6.45, 7) is 5.44. The molecule has 0 rings (SSSR count). The van der Waals surface area contributed by atoms with E-state index in [2.05, 4.69) is 6.92 Å². The van der Waals surface area contributed by atoms with Gasteiger partial charge in [-0.15, -0.1) is 0 Å². The molecule has 0 aliphatic rings. The molecular weight excluding hydrogens is 126 g/mol. The monoisotopic (exact) mass is 143 g/mol. The number of hydrogen-bond acceptors (Lipinski definition) is 2. The molecule has 60 valence electrons. The lowest BCUT2D eigenvalue weighted by atomic mass is 9.92. The second-order valence-electron chi connectivity index (χ2n) is 3.08. The standard InChI is InChI=1S/C8H17NO/c1-4-5-6-8(3,9)7(2)10/h4-6,9H2,1-3H3. The van der Waals surface area contributed by atoms with E-state index in [0.717, 1.165) is 19.3 Å². The number of carbonyl (C=O) groups is 1. The Morgan fingerprint density at radius 3 is 2.40 bits per heavy atom. The van der Waals surface area contributed by atoms with E-state index in [1.54, 1.807) is 13.8 Å². The molecule has 10 heavy (non-hydrogen) atoms. The number of hydrogen-bond donors (Lipinski definition) is 1. The number of carbonyl (C=O) groups excluding carboxylic acids is 1. The first-order chi connectivity index (χ1) is 4.50. The largest absolute Gasteiger partial charge is 0.319 e. The summed E-state index contributed by atoms with van der Waals surface area (Å²) in [5, 5.41) is 0. The molecule has 2 nitrogen and oxygen atoms in total. The van der Waals surface area contributed by atoms with Gasteiger partial charge in [0.2, 0.25) is 0 Å². The first kappa shape index (κ1) is 9.63. The van der Waals surface area contributed by atoms with Gasteiger partial charge in [0.15, 0.2) is 0 Å². The fourth-order valence-electron chi connectivity index (χ4n) is 0.720. The van der Waals surface area contributed by atoms with Gasteiger partial charge in [0, 0.05) is 0 Å². The smallest absolute Gasteiger partial charge is 0.149 e. The zero-order valence-corrected chi connectivity index (χ0v) is 7.11. The van der Waals surface area contributed by atoms with Gasteiger partial charge in [-0.1, -0.05) is 19.8 Å². The van der Waals surface area contributed by atoms with Gasteiger partial charge in [-0.05, 0) is 20.3 Å². The molecule has 0 aromatic carbocycles. The van der Waals surface area contributed by atoms with Crippen molar-refractivity contribution in [3.63, 3.8) is 0 Å². The minimum atomic E-state index is -0.587. The zero-order chi connectivity index (χ0) is 8.20. The van der Waals surface area contributed by atoms with Crippen LogP contribution in [0.2, 0.25) is 0 Å². The molecule has 2 heteroatoms. The van der Waals surface area contributed by atoms with Crippen molar-refractivity contribution in [2.75, 3.05) is 0 Å². The summed E-state index contributed by atoms with van der Waals surface area (Å²) < 4.78 is 0. The predicted molar refractivity (Wildman–Crippen MR) is 42.8 cm³/mol. The maximum Gasteiger partial charge on any atom is 0.149 e. The van der Waals surface area contributed by atoms with Gasteiger partial charge in [-0.25, -0.2) is 0 Å². The van der Waals surface area contributed by atoms with Crippen LogP contribution < -0.4 is 5.73 Å². The summed E-state index contributed by atoms with van der Waals surface area (Å²) in [7, 11) is 0. The maximum atomic E-state index is 10.8. The maximum absolute atomic E-state index is 10.8. The molecule has 0 spiro atoms. The van der Waals surface area contributed by atoms with Gasteiger partial charge in [0.05, 0.1) is 5.54 Å². The molecule has 0 fully saturated rings. The first-order valence-corrected chi connectivity index (χ1v) is 3.80. The van der Waals surface area contributed by atoms with Crippen molar-refractivity contribution in [1.82, 2.24) is 0 Å². The van der Waals surface area contributed by atoms with Crippen LogP contribution in [-0.2, 0) is 4.79 Å². The average Bonchev–Trinajstić information content (AvgIpc) is 1.84. The van der Waals surface area contributed by atoms with Crippen LogP contribution in [0, 0.1) is 0 Å². The van der Waals surface area contributed by atoms with Crippen molar-refractivity contribution in [2.45, 2.75) is 45.6 Å². The van der Waals surface area contributed by atoms with E-state index < -0.39 is 5.54 Å². The van der Waals surface area contributed by atoms with E-state index in [-0.39, 0.29) is 5.78 Å². The minimum absolute atomic E-state index is 0.0842. The van der Waals surface area contributed by atoms with Crippen molar-refractivity contribution in [2.24, 2.45) is 5.73 Å². The molecule has 0 aromatic rings. The van der Waals surface area contributed by atoms with Crippen molar-refractivity contribution in [3.05, 3.63) is 0 Å². The Morgan fingerprint density at radius 2 is 2.10 bits per heavy atom. The summed E-state index contributed by atoms with van der Waals surface area (Å²) in [6.07, 6.45) is 2.94. The molecule has 0 aliphatic carbocycles. The lowest BCUT2D eigenvalue weighted by molar-refractivity contribution is -0.121. The second-order valence-corrected chi connectivity index (χ2v) is 3.08. The molecule has 1 atom stereocenters. The number of unbranched alkanes of at least 4 members (excludes halogenated alkanes) is 1. The Hall–Kier alpha value is -0.370. The molecule has 0 radical (unpaired) electrons. The number of nitrogens with two attached hydrogens (primary N) is 1. The molecule has 0 amide bonds. The quantitative estimate of drug-likeness (QED) is 0.647. The van der Waals surface area contributed by atoms with Crippen LogP contribution >= 0.6 is 0 Å². The highest BCUT2D eigenvalue weighted by Crippen LogP contribution is 2.10.